The van der Waals surface area contributed by atoms with E-state index in [0.717, 1.165) is 22.7 Å². The van der Waals surface area contributed by atoms with E-state index < -0.39 is 28.9 Å². The smallest absolute Gasteiger partial charge is 0.433 e. The van der Waals surface area contributed by atoms with E-state index in [0.29, 0.717) is 36.4 Å². The summed E-state index contributed by atoms with van der Waals surface area (Å²) in [5.41, 5.74) is -1.82. The number of alkyl halides is 3. The lowest BCUT2D eigenvalue weighted by Gasteiger charge is -2.38. The van der Waals surface area contributed by atoms with Gasteiger partial charge in [0.15, 0.2) is 0 Å². The maximum atomic E-state index is 12.9. The molecule has 1 aliphatic rings. The Kier molecular flexibility index (Phi) is 5.87. The highest BCUT2D eigenvalue weighted by molar-refractivity contribution is 7.15. The number of carboxylic acids is 1. The number of benzene rings is 1. The van der Waals surface area contributed by atoms with Gasteiger partial charge in [-0.25, -0.2) is 15.0 Å². The first-order chi connectivity index (χ1) is 15.5. The number of aromatic nitrogens is 3. The third-order valence-corrected chi connectivity index (χ3v) is 7.19. The van der Waals surface area contributed by atoms with Crippen LogP contribution in [0.5, 0.6) is 0 Å². The number of nitrogens with one attached hydrogen (secondary N) is 1. The average Bonchev–Trinajstić information content (AvgIpc) is 3.27. The Balaban J connectivity index is 1.52. The van der Waals surface area contributed by atoms with Crippen molar-refractivity contribution in [3.63, 3.8) is 0 Å². The number of thiazole rings is 1. The SMILES string of the molecule is C[C@]1(C(=O)O)CC[C@@](O)(c2ncc(-c3cccc(Nc4nccc(C(F)(F)F)n4)c3)s2)CC1. The van der Waals surface area contributed by atoms with Crippen molar-refractivity contribution in [3.8, 4) is 10.4 Å². The summed E-state index contributed by atoms with van der Waals surface area (Å²) in [7, 11) is 0. The lowest BCUT2D eigenvalue weighted by atomic mass is 9.70. The lowest BCUT2D eigenvalue weighted by Crippen LogP contribution is -2.39. The van der Waals surface area contributed by atoms with E-state index in [9.17, 15) is 28.2 Å². The van der Waals surface area contributed by atoms with Crippen molar-refractivity contribution in [2.24, 2.45) is 5.41 Å². The molecule has 0 amide bonds. The van der Waals surface area contributed by atoms with Crippen molar-refractivity contribution in [1.29, 1.82) is 0 Å². The van der Waals surface area contributed by atoms with Gasteiger partial charge < -0.3 is 15.5 Å². The fourth-order valence-corrected chi connectivity index (χ4v) is 4.78. The number of hydrogen-bond donors (Lipinski definition) is 3. The van der Waals surface area contributed by atoms with Crippen LogP contribution in [0.15, 0.2) is 42.7 Å². The maximum Gasteiger partial charge on any atom is 0.433 e. The van der Waals surface area contributed by atoms with Crippen LogP contribution < -0.4 is 5.32 Å². The highest BCUT2D eigenvalue weighted by Crippen LogP contribution is 2.47. The topological polar surface area (TPSA) is 108 Å². The second-order valence-electron chi connectivity index (χ2n) is 8.40. The maximum absolute atomic E-state index is 12.9. The molecule has 1 fully saturated rings. The van der Waals surface area contributed by atoms with Gasteiger partial charge in [0.2, 0.25) is 5.95 Å². The predicted octanol–water partition coefficient (Wildman–Crippen LogP) is 5.22. The summed E-state index contributed by atoms with van der Waals surface area (Å²) in [6.45, 7) is 1.69. The van der Waals surface area contributed by atoms with E-state index in [-0.39, 0.29) is 5.95 Å². The molecule has 3 N–H and O–H groups in total. The largest absolute Gasteiger partial charge is 0.481 e. The third-order valence-electron chi connectivity index (χ3n) is 5.95. The van der Waals surface area contributed by atoms with Crippen molar-refractivity contribution in [2.45, 2.75) is 44.4 Å². The van der Waals surface area contributed by atoms with Crippen LogP contribution in [0.3, 0.4) is 0 Å². The second-order valence-corrected chi connectivity index (χ2v) is 9.43. The molecule has 7 nitrogen and oxygen atoms in total. The Labute approximate surface area is 191 Å². The molecule has 0 aliphatic heterocycles. The number of aliphatic carboxylic acids is 1. The zero-order valence-corrected chi connectivity index (χ0v) is 18.4. The first-order valence-corrected chi connectivity index (χ1v) is 11.0. The number of anilines is 2. The molecule has 1 saturated carbocycles. The van der Waals surface area contributed by atoms with E-state index in [4.69, 9.17) is 0 Å². The molecule has 0 saturated heterocycles. The number of halogens is 3. The van der Waals surface area contributed by atoms with Gasteiger partial charge in [-0.15, -0.1) is 11.3 Å². The van der Waals surface area contributed by atoms with Gasteiger partial charge in [-0.3, -0.25) is 4.79 Å². The van der Waals surface area contributed by atoms with Crippen molar-refractivity contribution in [1.82, 2.24) is 15.0 Å². The van der Waals surface area contributed by atoms with Crippen molar-refractivity contribution >= 4 is 28.9 Å². The highest BCUT2D eigenvalue weighted by Gasteiger charge is 2.45. The number of rotatable bonds is 5. The highest BCUT2D eigenvalue weighted by atomic mass is 32.1. The summed E-state index contributed by atoms with van der Waals surface area (Å²) in [5.74, 6) is -1.04. The molecule has 1 aliphatic carbocycles. The molecule has 1 aromatic carbocycles. The molecule has 2 heterocycles. The van der Waals surface area contributed by atoms with Crippen LogP contribution in [0.4, 0.5) is 24.8 Å². The normalized spacial score (nSPS) is 23.3. The zero-order chi connectivity index (χ0) is 23.9. The van der Waals surface area contributed by atoms with Gasteiger partial charge in [0.1, 0.15) is 16.3 Å². The van der Waals surface area contributed by atoms with Crippen LogP contribution in [0.25, 0.3) is 10.4 Å². The second kappa shape index (κ2) is 8.38. The summed E-state index contributed by atoms with van der Waals surface area (Å²) < 4.78 is 38.7. The molecule has 0 unspecified atom stereocenters. The van der Waals surface area contributed by atoms with E-state index in [1.54, 1.807) is 31.3 Å². The average molecular weight is 478 g/mol. The minimum atomic E-state index is -4.57. The number of carbonyl (C=O) groups is 1. The quantitative estimate of drug-likeness (QED) is 0.462. The number of aliphatic hydroxyl groups is 1. The van der Waals surface area contributed by atoms with Gasteiger partial charge in [0, 0.05) is 18.1 Å². The molecular formula is C22H21F3N4O3S. The molecule has 0 atom stereocenters. The van der Waals surface area contributed by atoms with Crippen LogP contribution in [-0.4, -0.2) is 31.1 Å². The van der Waals surface area contributed by atoms with Crippen LogP contribution in [0, 0.1) is 5.41 Å². The molecule has 0 radical (unpaired) electrons. The van der Waals surface area contributed by atoms with Crippen molar-refractivity contribution < 1.29 is 28.2 Å². The zero-order valence-electron chi connectivity index (χ0n) is 17.6. The fraction of sp³-hybridized carbons (Fsp3) is 0.364. The molecule has 174 valence electrons. The number of nitrogens with zero attached hydrogens (tertiary/aromatic N) is 3. The van der Waals surface area contributed by atoms with Gasteiger partial charge >= 0.3 is 12.1 Å². The van der Waals surface area contributed by atoms with Gasteiger partial charge in [0.05, 0.1) is 10.3 Å². The number of hydrogen-bond acceptors (Lipinski definition) is 7. The minimum Gasteiger partial charge on any atom is -0.481 e. The molecule has 2 aromatic heterocycles. The molecular weight excluding hydrogens is 457 g/mol. The Morgan fingerprint density at radius 2 is 1.88 bits per heavy atom. The van der Waals surface area contributed by atoms with Crippen LogP contribution in [0.2, 0.25) is 0 Å². The first-order valence-electron chi connectivity index (χ1n) is 10.2. The standard InChI is InChI=1S/C22H21F3N4O3S/c1-20(18(30)31)6-8-21(32,9-7-20)17-27-12-15(33-17)13-3-2-4-14(11-13)28-19-26-10-5-16(29-19)22(23,24)25/h2-5,10-12,32H,6-9H2,1H3,(H,30,31)(H,26,28,29)/t20-,21-. The summed E-state index contributed by atoms with van der Waals surface area (Å²) in [4.78, 5) is 24.0. The van der Waals surface area contributed by atoms with Crippen LogP contribution in [-0.2, 0) is 16.6 Å². The van der Waals surface area contributed by atoms with Gasteiger partial charge in [0.25, 0.3) is 0 Å². The monoisotopic (exact) mass is 478 g/mol. The van der Waals surface area contributed by atoms with Gasteiger partial charge in [-0.05, 0) is 56.4 Å². The lowest BCUT2D eigenvalue weighted by molar-refractivity contribution is -0.153. The van der Waals surface area contributed by atoms with Crippen molar-refractivity contribution in [3.05, 3.63) is 53.4 Å². The molecule has 0 bridgehead atoms. The fourth-order valence-electron chi connectivity index (χ4n) is 3.72. The van der Waals surface area contributed by atoms with Crippen LogP contribution >= 0.6 is 11.3 Å². The number of carboxylic acid groups (broad SMARTS) is 1. The first kappa shape index (κ1) is 23.1. The Morgan fingerprint density at radius 1 is 1.15 bits per heavy atom. The minimum absolute atomic E-state index is 0.176. The molecule has 0 spiro atoms. The van der Waals surface area contributed by atoms with Gasteiger partial charge in [-0.1, -0.05) is 12.1 Å². The van der Waals surface area contributed by atoms with Crippen molar-refractivity contribution in [2.75, 3.05) is 5.32 Å². The van der Waals surface area contributed by atoms with Crippen LogP contribution in [0.1, 0.15) is 43.3 Å². The molecule has 3 aromatic rings. The molecule has 33 heavy (non-hydrogen) atoms. The predicted molar refractivity (Wildman–Crippen MR) is 116 cm³/mol. The summed E-state index contributed by atoms with van der Waals surface area (Å²) in [6.07, 6.45) is -0.592. The molecule has 4 rings (SSSR count). The van der Waals surface area contributed by atoms with Gasteiger partial charge in [-0.2, -0.15) is 13.2 Å². The van der Waals surface area contributed by atoms with E-state index in [1.807, 2.05) is 6.07 Å². The Morgan fingerprint density at radius 3 is 2.55 bits per heavy atom. The Hall–Kier alpha value is -3.05. The summed E-state index contributed by atoms with van der Waals surface area (Å²) in [5, 5.41) is 23.8. The summed E-state index contributed by atoms with van der Waals surface area (Å²) in [6, 6.07) is 7.76. The van der Waals surface area contributed by atoms with E-state index in [2.05, 4.69) is 20.3 Å². The van der Waals surface area contributed by atoms with E-state index in [1.165, 1.54) is 11.3 Å². The third kappa shape index (κ3) is 4.83. The van der Waals surface area contributed by atoms with E-state index >= 15 is 0 Å². The Bertz CT molecular complexity index is 1170. The summed E-state index contributed by atoms with van der Waals surface area (Å²) >= 11 is 1.30. The molecule has 11 heteroatoms.